The summed E-state index contributed by atoms with van der Waals surface area (Å²) >= 11 is 1.61. The summed E-state index contributed by atoms with van der Waals surface area (Å²) in [6.45, 7) is 0.622. The Kier molecular flexibility index (Phi) is 4.80. The lowest BCUT2D eigenvalue weighted by Gasteiger charge is -2.24. The molecule has 0 saturated carbocycles. The van der Waals surface area contributed by atoms with E-state index in [-0.39, 0.29) is 23.3 Å². The SMILES string of the molecule is COC(=O)c1c(F)cccc1NC(=O)N1CCC[C@H]1c1cccs1. The summed E-state index contributed by atoms with van der Waals surface area (Å²) in [6, 6.07) is 7.72. The highest BCUT2D eigenvalue weighted by Gasteiger charge is 2.31. The third kappa shape index (κ3) is 3.12. The Balaban J connectivity index is 1.83. The fourth-order valence-corrected chi connectivity index (χ4v) is 3.78. The number of anilines is 1. The third-order valence-corrected chi connectivity index (χ3v) is 5.00. The van der Waals surface area contributed by atoms with Gasteiger partial charge in [-0.3, -0.25) is 0 Å². The van der Waals surface area contributed by atoms with Gasteiger partial charge < -0.3 is 15.0 Å². The molecule has 5 nitrogen and oxygen atoms in total. The lowest BCUT2D eigenvalue weighted by atomic mass is 10.1. The molecule has 1 aliphatic rings. The Morgan fingerprint density at radius 2 is 2.17 bits per heavy atom. The van der Waals surface area contributed by atoms with Crippen LogP contribution in [0.2, 0.25) is 0 Å². The first-order chi connectivity index (χ1) is 11.6. The van der Waals surface area contributed by atoms with Crippen molar-refractivity contribution in [3.05, 3.63) is 52.0 Å². The number of likely N-dealkylation sites (tertiary alicyclic amines) is 1. The zero-order valence-corrected chi connectivity index (χ0v) is 13.9. The molecule has 1 atom stereocenters. The Labute approximate surface area is 143 Å². The minimum atomic E-state index is -0.820. The van der Waals surface area contributed by atoms with Crippen LogP contribution in [0.25, 0.3) is 0 Å². The Morgan fingerprint density at radius 3 is 2.88 bits per heavy atom. The number of rotatable bonds is 3. The molecular weight excluding hydrogens is 331 g/mol. The zero-order valence-electron chi connectivity index (χ0n) is 13.1. The Hall–Kier alpha value is -2.41. The van der Waals surface area contributed by atoms with Gasteiger partial charge in [-0.1, -0.05) is 12.1 Å². The fraction of sp³-hybridized carbons (Fsp3) is 0.294. The number of nitrogens with one attached hydrogen (secondary N) is 1. The molecule has 1 saturated heterocycles. The lowest BCUT2D eigenvalue weighted by molar-refractivity contribution is 0.0597. The van der Waals surface area contributed by atoms with Crippen molar-refractivity contribution in [2.24, 2.45) is 0 Å². The number of thiophene rings is 1. The smallest absolute Gasteiger partial charge is 0.342 e. The monoisotopic (exact) mass is 348 g/mol. The number of carbonyl (C=O) groups excluding carboxylic acids is 2. The maximum atomic E-state index is 14.0. The molecule has 1 aliphatic heterocycles. The van der Waals surface area contributed by atoms with Crippen molar-refractivity contribution >= 4 is 29.0 Å². The van der Waals surface area contributed by atoms with Gasteiger partial charge in [-0.2, -0.15) is 0 Å². The summed E-state index contributed by atoms with van der Waals surface area (Å²) in [7, 11) is 1.17. The van der Waals surface area contributed by atoms with E-state index in [1.54, 1.807) is 16.2 Å². The number of halogens is 1. The molecule has 7 heteroatoms. The number of hydrogen-bond donors (Lipinski definition) is 1. The van der Waals surface area contributed by atoms with E-state index in [0.29, 0.717) is 6.54 Å². The van der Waals surface area contributed by atoms with E-state index in [1.165, 1.54) is 19.2 Å². The first-order valence-electron chi connectivity index (χ1n) is 7.59. The average molecular weight is 348 g/mol. The molecule has 0 aliphatic carbocycles. The van der Waals surface area contributed by atoms with Crippen LogP contribution in [0.1, 0.15) is 34.1 Å². The van der Waals surface area contributed by atoms with Gasteiger partial charge >= 0.3 is 12.0 Å². The summed E-state index contributed by atoms with van der Waals surface area (Å²) in [5.74, 6) is -1.55. The van der Waals surface area contributed by atoms with Crippen LogP contribution in [0.3, 0.4) is 0 Å². The van der Waals surface area contributed by atoms with Crippen LogP contribution in [-0.4, -0.2) is 30.6 Å². The highest BCUT2D eigenvalue weighted by Crippen LogP contribution is 2.35. The second-order valence-corrected chi connectivity index (χ2v) is 6.43. The van der Waals surface area contributed by atoms with Gasteiger partial charge in [-0.25, -0.2) is 14.0 Å². The molecule has 2 amide bonds. The van der Waals surface area contributed by atoms with Crippen LogP contribution in [-0.2, 0) is 4.74 Å². The van der Waals surface area contributed by atoms with Crippen LogP contribution in [0, 0.1) is 5.82 Å². The molecule has 24 heavy (non-hydrogen) atoms. The van der Waals surface area contributed by atoms with Gasteiger partial charge in [0.2, 0.25) is 0 Å². The van der Waals surface area contributed by atoms with Gasteiger partial charge in [0, 0.05) is 11.4 Å². The van der Waals surface area contributed by atoms with Crippen molar-refractivity contribution in [1.82, 2.24) is 4.90 Å². The number of ether oxygens (including phenoxy) is 1. The summed E-state index contributed by atoms with van der Waals surface area (Å²) in [5.41, 5.74) is -0.149. The van der Waals surface area contributed by atoms with Crippen molar-refractivity contribution in [1.29, 1.82) is 0 Å². The maximum Gasteiger partial charge on any atom is 0.342 e. The number of methoxy groups -OCH3 is 1. The van der Waals surface area contributed by atoms with E-state index in [1.807, 2.05) is 17.5 Å². The van der Waals surface area contributed by atoms with Crippen LogP contribution < -0.4 is 5.32 Å². The predicted octanol–water partition coefficient (Wildman–Crippen LogP) is 4.04. The van der Waals surface area contributed by atoms with E-state index in [2.05, 4.69) is 10.1 Å². The Morgan fingerprint density at radius 1 is 1.33 bits per heavy atom. The molecule has 2 heterocycles. The summed E-state index contributed by atoms with van der Waals surface area (Å²) in [6.07, 6.45) is 1.80. The highest BCUT2D eigenvalue weighted by atomic mass is 32.1. The average Bonchev–Trinajstić information content (AvgIpc) is 3.25. The number of benzene rings is 1. The first-order valence-corrected chi connectivity index (χ1v) is 8.47. The fourth-order valence-electron chi connectivity index (χ4n) is 2.91. The molecule has 2 aromatic rings. The maximum absolute atomic E-state index is 14.0. The molecule has 1 fully saturated rings. The van der Waals surface area contributed by atoms with Crippen molar-refractivity contribution in [3.63, 3.8) is 0 Å². The molecule has 3 rings (SSSR count). The molecule has 1 aromatic heterocycles. The van der Waals surface area contributed by atoms with E-state index in [4.69, 9.17) is 0 Å². The van der Waals surface area contributed by atoms with Gasteiger partial charge in [-0.15, -0.1) is 11.3 Å². The predicted molar refractivity (Wildman–Crippen MR) is 89.8 cm³/mol. The topological polar surface area (TPSA) is 58.6 Å². The normalized spacial score (nSPS) is 16.9. The van der Waals surface area contributed by atoms with E-state index in [9.17, 15) is 14.0 Å². The quantitative estimate of drug-likeness (QED) is 0.852. The largest absolute Gasteiger partial charge is 0.465 e. The van der Waals surface area contributed by atoms with Gasteiger partial charge in [0.05, 0.1) is 18.8 Å². The van der Waals surface area contributed by atoms with E-state index < -0.39 is 11.8 Å². The van der Waals surface area contributed by atoms with E-state index >= 15 is 0 Å². The number of nitrogens with zero attached hydrogens (tertiary/aromatic N) is 1. The van der Waals surface area contributed by atoms with Crippen molar-refractivity contribution in [3.8, 4) is 0 Å². The Bertz CT molecular complexity index is 748. The molecule has 0 spiro atoms. The third-order valence-electron chi connectivity index (χ3n) is 4.03. The zero-order chi connectivity index (χ0) is 17.1. The van der Waals surface area contributed by atoms with Crippen molar-refractivity contribution < 1.29 is 18.7 Å². The second-order valence-electron chi connectivity index (χ2n) is 5.45. The lowest BCUT2D eigenvalue weighted by Crippen LogP contribution is -2.34. The summed E-state index contributed by atoms with van der Waals surface area (Å²) < 4.78 is 18.6. The number of urea groups is 1. The van der Waals surface area contributed by atoms with E-state index in [0.717, 1.165) is 23.8 Å². The van der Waals surface area contributed by atoms with Gasteiger partial charge in [0.1, 0.15) is 11.4 Å². The number of hydrogen-bond acceptors (Lipinski definition) is 4. The standard InChI is InChI=1S/C17H17FN2O3S/c1-23-16(21)15-11(18)5-2-6-12(15)19-17(22)20-9-3-7-13(20)14-8-4-10-24-14/h2,4-6,8,10,13H,3,7,9H2,1H3,(H,19,22)/t13-/m0/s1. The molecular formula is C17H17FN2O3S. The summed E-state index contributed by atoms with van der Waals surface area (Å²) in [4.78, 5) is 27.3. The molecule has 0 unspecified atom stereocenters. The van der Waals surface area contributed by atoms with Crippen LogP contribution in [0.15, 0.2) is 35.7 Å². The van der Waals surface area contributed by atoms with Gasteiger partial charge in [0.25, 0.3) is 0 Å². The van der Waals surface area contributed by atoms with Gasteiger partial charge in [0.15, 0.2) is 0 Å². The van der Waals surface area contributed by atoms with Crippen LogP contribution in [0.4, 0.5) is 14.9 Å². The molecule has 0 radical (unpaired) electrons. The number of amides is 2. The molecule has 1 N–H and O–H groups in total. The van der Waals surface area contributed by atoms with Crippen LogP contribution >= 0.6 is 11.3 Å². The molecule has 126 valence electrons. The van der Waals surface area contributed by atoms with Gasteiger partial charge in [-0.05, 0) is 36.4 Å². The highest BCUT2D eigenvalue weighted by molar-refractivity contribution is 7.10. The number of carbonyl (C=O) groups is 2. The van der Waals surface area contributed by atoms with Crippen molar-refractivity contribution in [2.75, 3.05) is 19.0 Å². The van der Waals surface area contributed by atoms with Crippen molar-refractivity contribution in [2.45, 2.75) is 18.9 Å². The minimum absolute atomic E-state index is 0.0140. The summed E-state index contributed by atoms with van der Waals surface area (Å²) in [5, 5.41) is 4.63. The number of esters is 1. The van der Waals surface area contributed by atoms with Crippen LogP contribution in [0.5, 0.6) is 0 Å². The minimum Gasteiger partial charge on any atom is -0.465 e. The molecule has 1 aromatic carbocycles. The molecule has 0 bridgehead atoms. The second kappa shape index (κ2) is 7.00. The first kappa shape index (κ1) is 16.4.